The Labute approximate surface area is 171 Å². The molecule has 154 valence electrons. The fraction of sp³-hybridized carbons (Fsp3) is 0.250. The van der Waals surface area contributed by atoms with E-state index in [1.165, 1.54) is 28.6 Å². The Morgan fingerprint density at radius 2 is 1.76 bits per heavy atom. The van der Waals surface area contributed by atoms with Crippen molar-refractivity contribution in [2.45, 2.75) is 5.09 Å². The maximum Gasteiger partial charge on any atom is 0.284 e. The summed E-state index contributed by atoms with van der Waals surface area (Å²) < 4.78 is 31.5. The third kappa shape index (κ3) is 4.52. The first-order valence-corrected chi connectivity index (χ1v) is 10.2. The third-order valence-electron chi connectivity index (χ3n) is 4.27. The van der Waals surface area contributed by atoms with Gasteiger partial charge in [-0.2, -0.15) is 4.31 Å². The van der Waals surface area contributed by atoms with Gasteiger partial charge in [0.25, 0.3) is 21.6 Å². The molecule has 1 saturated heterocycles. The number of nitrogens with one attached hydrogen (secondary N) is 1. The highest BCUT2D eigenvalue weighted by molar-refractivity contribution is 7.89. The number of anilines is 1. The first-order valence-electron chi connectivity index (χ1n) is 8.38. The number of hydrogen-bond acceptors (Lipinski definition) is 7. The molecule has 1 amide bonds. The van der Waals surface area contributed by atoms with Crippen LogP contribution in [0.25, 0.3) is 0 Å². The summed E-state index contributed by atoms with van der Waals surface area (Å²) in [6.07, 6.45) is 0. The van der Waals surface area contributed by atoms with Crippen LogP contribution in [0.1, 0.15) is 10.6 Å². The molecule has 1 aliphatic heterocycles. The molecule has 1 fully saturated rings. The van der Waals surface area contributed by atoms with Crippen molar-refractivity contribution in [1.29, 1.82) is 0 Å². The summed E-state index contributed by atoms with van der Waals surface area (Å²) >= 11 is 5.34. The van der Waals surface area contributed by atoms with Crippen LogP contribution in [-0.2, 0) is 10.0 Å². The lowest BCUT2D eigenvalue weighted by Gasteiger charge is -2.35. The number of non-ortho nitro benzene ring substituents is 1. The van der Waals surface area contributed by atoms with Crippen molar-refractivity contribution in [2.75, 3.05) is 31.5 Å². The Bertz CT molecular complexity index is 1040. The lowest BCUT2D eigenvalue weighted by Crippen LogP contribution is -2.51. The number of piperazine rings is 1. The number of nitrogens with zero attached hydrogens (tertiary/aromatic N) is 3. The smallest absolute Gasteiger partial charge is 0.284 e. The normalized spacial score (nSPS) is 15.1. The van der Waals surface area contributed by atoms with Gasteiger partial charge in [-0.25, -0.2) is 8.42 Å². The molecule has 0 spiro atoms. The average molecular weight is 439 g/mol. The van der Waals surface area contributed by atoms with E-state index in [9.17, 15) is 23.3 Å². The largest absolute Gasteiger partial charge is 0.438 e. The molecule has 3 N–H and O–H groups in total. The minimum absolute atomic E-state index is 0.0299. The summed E-state index contributed by atoms with van der Waals surface area (Å²) in [5.41, 5.74) is 5.64. The Morgan fingerprint density at radius 1 is 1.14 bits per heavy atom. The van der Waals surface area contributed by atoms with Crippen LogP contribution in [0, 0.1) is 10.1 Å². The van der Waals surface area contributed by atoms with E-state index >= 15 is 0 Å². The van der Waals surface area contributed by atoms with Crippen LogP contribution in [0.4, 0.5) is 11.4 Å². The molecule has 11 nitrogen and oxygen atoms in total. The van der Waals surface area contributed by atoms with E-state index in [4.69, 9.17) is 22.4 Å². The van der Waals surface area contributed by atoms with E-state index in [1.807, 2.05) is 0 Å². The molecule has 0 bridgehead atoms. The molecule has 2 heterocycles. The molecule has 0 aliphatic carbocycles. The summed E-state index contributed by atoms with van der Waals surface area (Å²) in [4.78, 5) is 23.1. The lowest BCUT2D eigenvalue weighted by atomic mass is 10.3. The van der Waals surface area contributed by atoms with Gasteiger partial charge in [0.2, 0.25) is 5.09 Å². The molecule has 0 unspecified atom stereocenters. The summed E-state index contributed by atoms with van der Waals surface area (Å²) in [7, 11) is -3.89. The van der Waals surface area contributed by atoms with Gasteiger partial charge in [0.05, 0.1) is 4.92 Å². The number of benzene rings is 1. The summed E-state index contributed by atoms with van der Waals surface area (Å²) in [6, 6.07) is 8.21. The zero-order valence-electron chi connectivity index (χ0n) is 15.0. The van der Waals surface area contributed by atoms with Crippen molar-refractivity contribution in [2.24, 2.45) is 5.73 Å². The molecule has 2 aromatic rings. The Balaban J connectivity index is 1.59. The topological polar surface area (TPSA) is 152 Å². The van der Waals surface area contributed by atoms with Crippen molar-refractivity contribution >= 4 is 44.6 Å². The van der Waals surface area contributed by atoms with Gasteiger partial charge in [-0.15, -0.1) is 0 Å². The zero-order valence-corrected chi connectivity index (χ0v) is 16.6. The van der Waals surface area contributed by atoms with E-state index in [2.05, 4.69) is 5.32 Å². The first-order chi connectivity index (χ1) is 13.7. The van der Waals surface area contributed by atoms with Gasteiger partial charge in [-0.05, 0) is 36.5 Å². The van der Waals surface area contributed by atoms with Gasteiger partial charge in [0.15, 0.2) is 10.9 Å². The number of rotatable bonds is 5. The van der Waals surface area contributed by atoms with Crippen LogP contribution >= 0.6 is 12.2 Å². The molecule has 0 radical (unpaired) electrons. The maximum absolute atomic E-state index is 12.6. The van der Waals surface area contributed by atoms with Gasteiger partial charge >= 0.3 is 0 Å². The number of nitro benzene ring substituents is 1. The van der Waals surface area contributed by atoms with Crippen LogP contribution in [0.15, 0.2) is 45.9 Å². The van der Waals surface area contributed by atoms with Crippen LogP contribution < -0.4 is 11.1 Å². The third-order valence-corrected chi connectivity index (χ3v) is 6.41. The molecule has 0 saturated carbocycles. The predicted molar refractivity (Wildman–Crippen MR) is 107 cm³/mol. The molecule has 1 aliphatic rings. The second-order valence-corrected chi connectivity index (χ2v) is 8.36. The SMILES string of the molecule is NC(=O)c1ccc(S(=O)(=O)N2CCN(C(=S)Nc3ccc([N+](=O)[O-])cc3)CC2)o1. The van der Waals surface area contributed by atoms with Gasteiger partial charge in [-0.1, -0.05) is 0 Å². The van der Waals surface area contributed by atoms with Crippen LogP contribution in [-0.4, -0.2) is 59.7 Å². The highest BCUT2D eigenvalue weighted by atomic mass is 32.2. The standard InChI is InChI=1S/C16H17N5O6S2/c17-15(22)13-5-6-14(27-13)29(25,26)20-9-7-19(8-10-20)16(28)18-11-1-3-12(4-2-11)21(23)24/h1-6H,7-10H2,(H2,17,22)(H,18,28). The van der Waals surface area contributed by atoms with E-state index in [-0.39, 0.29) is 29.6 Å². The maximum atomic E-state index is 12.6. The molecule has 29 heavy (non-hydrogen) atoms. The van der Waals surface area contributed by atoms with E-state index in [1.54, 1.807) is 17.0 Å². The highest BCUT2D eigenvalue weighted by Crippen LogP contribution is 2.21. The summed E-state index contributed by atoms with van der Waals surface area (Å²) in [6.45, 7) is 0.997. The highest BCUT2D eigenvalue weighted by Gasteiger charge is 2.32. The second kappa shape index (κ2) is 8.14. The number of thiocarbonyl (C=S) groups is 1. The molecule has 0 atom stereocenters. The summed E-state index contributed by atoms with van der Waals surface area (Å²) in [5, 5.41) is 13.7. The number of furan rings is 1. The number of nitro groups is 1. The fourth-order valence-electron chi connectivity index (χ4n) is 2.72. The molecule has 1 aromatic heterocycles. The average Bonchev–Trinajstić information content (AvgIpc) is 3.20. The molecular formula is C16H17N5O6S2. The Hall–Kier alpha value is -3.03. The number of hydrogen-bond donors (Lipinski definition) is 2. The zero-order chi connectivity index (χ0) is 21.2. The number of amides is 1. The monoisotopic (exact) mass is 439 g/mol. The van der Waals surface area contributed by atoms with Crippen molar-refractivity contribution in [3.05, 3.63) is 52.3 Å². The number of primary amides is 1. The molecule has 13 heteroatoms. The molecular weight excluding hydrogens is 422 g/mol. The van der Waals surface area contributed by atoms with Crippen LogP contribution in [0.2, 0.25) is 0 Å². The molecule has 3 rings (SSSR count). The Kier molecular flexibility index (Phi) is 5.81. The van der Waals surface area contributed by atoms with E-state index < -0.39 is 20.9 Å². The lowest BCUT2D eigenvalue weighted by molar-refractivity contribution is -0.384. The van der Waals surface area contributed by atoms with Gasteiger partial charge in [0.1, 0.15) is 0 Å². The van der Waals surface area contributed by atoms with Gasteiger partial charge in [-0.3, -0.25) is 14.9 Å². The number of nitrogens with two attached hydrogens (primary N) is 1. The first kappa shape index (κ1) is 20.7. The van der Waals surface area contributed by atoms with Gasteiger partial charge in [0, 0.05) is 44.0 Å². The van der Waals surface area contributed by atoms with Crippen LogP contribution in [0.5, 0.6) is 0 Å². The van der Waals surface area contributed by atoms with Crippen molar-refractivity contribution in [1.82, 2.24) is 9.21 Å². The van der Waals surface area contributed by atoms with Crippen molar-refractivity contribution < 1.29 is 22.6 Å². The van der Waals surface area contributed by atoms with Crippen LogP contribution in [0.3, 0.4) is 0 Å². The second-order valence-electron chi connectivity index (χ2n) is 6.11. The predicted octanol–water partition coefficient (Wildman–Crippen LogP) is 0.990. The van der Waals surface area contributed by atoms with Gasteiger partial charge < -0.3 is 20.4 Å². The van der Waals surface area contributed by atoms with Crippen molar-refractivity contribution in [3.63, 3.8) is 0 Å². The number of sulfonamides is 1. The van der Waals surface area contributed by atoms with E-state index in [0.29, 0.717) is 23.9 Å². The fourth-order valence-corrected chi connectivity index (χ4v) is 4.35. The number of carbonyl (C=O) groups is 1. The molecule has 1 aromatic carbocycles. The quantitative estimate of drug-likeness (QED) is 0.394. The van der Waals surface area contributed by atoms with Crippen molar-refractivity contribution in [3.8, 4) is 0 Å². The van der Waals surface area contributed by atoms with E-state index in [0.717, 1.165) is 0 Å². The minimum atomic E-state index is -3.89. The minimum Gasteiger partial charge on any atom is -0.438 e. The Morgan fingerprint density at radius 3 is 2.28 bits per heavy atom. The summed E-state index contributed by atoms with van der Waals surface area (Å²) in [5.74, 6) is -1.07. The number of carbonyl (C=O) groups excluding carboxylic acids is 1.